The Morgan fingerprint density at radius 2 is 1.87 bits per heavy atom. The third-order valence-electron chi connectivity index (χ3n) is 3.71. The van der Waals surface area contributed by atoms with E-state index >= 15 is 0 Å². The van der Waals surface area contributed by atoms with Crippen LogP contribution in [0.2, 0.25) is 0 Å². The van der Waals surface area contributed by atoms with Gasteiger partial charge in [-0.2, -0.15) is 0 Å². The number of ether oxygens (including phenoxy) is 1. The number of benzene rings is 2. The molecule has 0 aliphatic carbocycles. The predicted molar refractivity (Wildman–Crippen MR) is 96.1 cm³/mol. The van der Waals surface area contributed by atoms with Gasteiger partial charge in [0.1, 0.15) is 5.75 Å². The molecule has 0 fully saturated rings. The third-order valence-corrected chi connectivity index (χ3v) is 3.71. The highest BCUT2D eigenvalue weighted by atomic mass is 16.5. The zero-order valence-corrected chi connectivity index (χ0v) is 13.8. The topological polar surface area (TPSA) is 45.1 Å². The van der Waals surface area contributed by atoms with Gasteiger partial charge in [-0.3, -0.25) is 4.99 Å². The molecule has 2 aromatic carbocycles. The van der Waals surface area contributed by atoms with Gasteiger partial charge in [-0.15, -0.1) is 0 Å². The number of hydrogen-bond acceptors (Lipinski definition) is 4. The zero-order valence-electron chi connectivity index (χ0n) is 13.8. The molecule has 2 rings (SSSR count). The van der Waals surface area contributed by atoms with Crippen LogP contribution < -0.4 is 9.64 Å². The van der Waals surface area contributed by atoms with Crippen LogP contribution in [0.1, 0.15) is 17.5 Å². The molecule has 0 aliphatic heterocycles. The average molecular weight is 312 g/mol. The first kappa shape index (κ1) is 17.0. The molecule has 0 aromatic heterocycles. The molecule has 0 saturated carbocycles. The van der Waals surface area contributed by atoms with Gasteiger partial charge < -0.3 is 14.7 Å². The van der Waals surface area contributed by atoms with E-state index in [1.807, 2.05) is 56.3 Å². The largest absolute Gasteiger partial charge is 0.473 e. The van der Waals surface area contributed by atoms with E-state index in [9.17, 15) is 0 Å². The number of aliphatic hydroxyl groups excluding tert-OH is 1. The number of para-hydroxylation sites is 1. The molecule has 0 unspecified atom stereocenters. The Balaban J connectivity index is 2.18. The lowest BCUT2D eigenvalue weighted by atomic mass is 10.1. The smallest absolute Gasteiger partial charge is 0.161 e. The minimum atomic E-state index is 0.143. The summed E-state index contributed by atoms with van der Waals surface area (Å²) in [4.78, 5) is 6.23. The summed E-state index contributed by atoms with van der Waals surface area (Å²) in [7, 11) is 0. The Morgan fingerprint density at radius 3 is 2.52 bits per heavy atom. The van der Waals surface area contributed by atoms with Crippen molar-refractivity contribution in [1.29, 1.82) is 0 Å². The van der Waals surface area contributed by atoms with Crippen LogP contribution in [-0.4, -0.2) is 31.7 Å². The minimum Gasteiger partial charge on any atom is -0.473 e. The van der Waals surface area contributed by atoms with E-state index in [2.05, 4.69) is 16.6 Å². The van der Waals surface area contributed by atoms with Crippen LogP contribution in [0.3, 0.4) is 0 Å². The summed E-state index contributed by atoms with van der Waals surface area (Å²) < 4.78 is 5.90. The van der Waals surface area contributed by atoms with Crippen molar-refractivity contribution in [3.05, 3.63) is 53.6 Å². The maximum atomic E-state index is 9.16. The van der Waals surface area contributed by atoms with Crippen molar-refractivity contribution in [3.63, 3.8) is 0 Å². The van der Waals surface area contributed by atoms with E-state index in [4.69, 9.17) is 9.84 Å². The molecule has 0 atom stereocenters. The van der Waals surface area contributed by atoms with Gasteiger partial charge in [-0.25, -0.2) is 0 Å². The zero-order chi connectivity index (χ0) is 16.7. The normalized spacial score (nSPS) is 10.4. The van der Waals surface area contributed by atoms with Gasteiger partial charge in [0.2, 0.25) is 0 Å². The number of nitrogens with zero attached hydrogens (tertiary/aromatic N) is 2. The van der Waals surface area contributed by atoms with E-state index in [-0.39, 0.29) is 6.61 Å². The molecule has 122 valence electrons. The summed E-state index contributed by atoms with van der Waals surface area (Å²) in [6, 6.07) is 14.0. The van der Waals surface area contributed by atoms with Crippen molar-refractivity contribution in [1.82, 2.24) is 0 Å². The summed E-state index contributed by atoms with van der Waals surface area (Å²) in [5, 5.41) is 9.16. The highest BCUT2D eigenvalue weighted by molar-refractivity contribution is 5.72. The quantitative estimate of drug-likeness (QED) is 0.594. The summed E-state index contributed by atoms with van der Waals surface area (Å²) in [5.74, 6) is 0.824. The molecule has 0 heterocycles. The van der Waals surface area contributed by atoms with Gasteiger partial charge in [0, 0.05) is 13.2 Å². The Kier molecular flexibility index (Phi) is 6.18. The van der Waals surface area contributed by atoms with Crippen LogP contribution in [0.15, 0.2) is 47.5 Å². The molecule has 0 aliphatic rings. The van der Waals surface area contributed by atoms with Crippen LogP contribution in [-0.2, 0) is 0 Å². The molecule has 23 heavy (non-hydrogen) atoms. The highest BCUT2D eigenvalue weighted by Gasteiger charge is 2.13. The Hall–Kier alpha value is -2.33. The molecule has 0 amide bonds. The van der Waals surface area contributed by atoms with Crippen molar-refractivity contribution >= 4 is 18.1 Å². The Morgan fingerprint density at radius 1 is 1.13 bits per heavy atom. The van der Waals surface area contributed by atoms with E-state index in [1.165, 1.54) is 5.56 Å². The lowest BCUT2D eigenvalue weighted by molar-refractivity contribution is 0.276. The standard InChI is InChI=1S/C19H24N2O2/c1-15-8-10-17(11-9-15)23-14-21(12-5-13-22)18-7-4-6-16(2)19(18)20-3/h4,6-11,22H,3,5,12-14H2,1-2H3. The number of aliphatic hydroxyl groups is 1. The molecule has 4 nitrogen and oxygen atoms in total. The molecular weight excluding hydrogens is 288 g/mol. The molecular formula is C19H24N2O2. The van der Waals surface area contributed by atoms with Crippen LogP contribution >= 0.6 is 0 Å². The summed E-state index contributed by atoms with van der Waals surface area (Å²) in [6.45, 7) is 8.97. The maximum Gasteiger partial charge on any atom is 0.161 e. The third kappa shape index (κ3) is 4.57. The fraction of sp³-hybridized carbons (Fsp3) is 0.316. The Labute approximate surface area is 138 Å². The first-order valence-corrected chi connectivity index (χ1v) is 7.77. The SMILES string of the molecule is C=Nc1c(C)cccc1N(CCCO)COc1ccc(C)cc1. The van der Waals surface area contributed by atoms with E-state index in [0.717, 1.165) is 22.7 Å². The van der Waals surface area contributed by atoms with Crippen molar-refractivity contribution in [3.8, 4) is 5.75 Å². The van der Waals surface area contributed by atoms with Gasteiger partial charge in [0.15, 0.2) is 6.73 Å². The molecule has 1 N–H and O–H groups in total. The summed E-state index contributed by atoms with van der Waals surface area (Å²) in [5.41, 5.74) is 4.10. The monoisotopic (exact) mass is 312 g/mol. The van der Waals surface area contributed by atoms with Gasteiger partial charge in [-0.05, 0) is 50.7 Å². The van der Waals surface area contributed by atoms with Crippen LogP contribution in [0, 0.1) is 13.8 Å². The number of rotatable bonds is 8. The average Bonchev–Trinajstić information content (AvgIpc) is 2.56. The lowest BCUT2D eigenvalue weighted by Crippen LogP contribution is -2.29. The van der Waals surface area contributed by atoms with Crippen molar-refractivity contribution in [2.75, 3.05) is 24.8 Å². The van der Waals surface area contributed by atoms with Gasteiger partial charge in [0.05, 0.1) is 11.4 Å². The van der Waals surface area contributed by atoms with Crippen LogP contribution in [0.25, 0.3) is 0 Å². The van der Waals surface area contributed by atoms with Crippen LogP contribution in [0.4, 0.5) is 11.4 Å². The maximum absolute atomic E-state index is 9.16. The molecule has 2 aromatic rings. The van der Waals surface area contributed by atoms with Gasteiger partial charge in [-0.1, -0.05) is 29.8 Å². The highest BCUT2D eigenvalue weighted by Crippen LogP contribution is 2.31. The van der Waals surface area contributed by atoms with Gasteiger partial charge in [0.25, 0.3) is 0 Å². The first-order valence-electron chi connectivity index (χ1n) is 7.77. The summed E-state index contributed by atoms with van der Waals surface area (Å²) in [6.07, 6.45) is 0.668. The molecule has 0 bridgehead atoms. The number of hydrogen-bond donors (Lipinski definition) is 1. The fourth-order valence-corrected chi connectivity index (χ4v) is 2.41. The first-order chi connectivity index (χ1) is 11.2. The van der Waals surface area contributed by atoms with E-state index in [1.54, 1.807) is 0 Å². The number of aryl methyl sites for hydroxylation is 2. The molecule has 0 radical (unpaired) electrons. The van der Waals surface area contributed by atoms with Crippen molar-refractivity contribution in [2.45, 2.75) is 20.3 Å². The number of aliphatic imine (C=N–C) groups is 1. The lowest BCUT2D eigenvalue weighted by Gasteiger charge is -2.26. The minimum absolute atomic E-state index is 0.143. The summed E-state index contributed by atoms with van der Waals surface area (Å²) >= 11 is 0. The predicted octanol–water partition coefficient (Wildman–Crippen LogP) is 3.86. The van der Waals surface area contributed by atoms with E-state index < -0.39 is 0 Å². The van der Waals surface area contributed by atoms with E-state index in [0.29, 0.717) is 19.7 Å². The Bertz CT molecular complexity index is 638. The van der Waals surface area contributed by atoms with Gasteiger partial charge >= 0.3 is 0 Å². The molecule has 0 spiro atoms. The van der Waals surface area contributed by atoms with Crippen molar-refractivity contribution in [2.24, 2.45) is 4.99 Å². The second kappa shape index (κ2) is 8.34. The number of anilines is 1. The van der Waals surface area contributed by atoms with Crippen molar-refractivity contribution < 1.29 is 9.84 Å². The second-order valence-corrected chi connectivity index (χ2v) is 5.53. The van der Waals surface area contributed by atoms with Crippen LogP contribution in [0.5, 0.6) is 5.75 Å². The fourth-order valence-electron chi connectivity index (χ4n) is 2.41. The molecule has 0 saturated heterocycles. The second-order valence-electron chi connectivity index (χ2n) is 5.53. The molecule has 4 heteroatoms.